The van der Waals surface area contributed by atoms with Gasteiger partial charge in [-0.3, -0.25) is 0 Å². The number of nitrogens with zero attached hydrogens (tertiary/aromatic N) is 1. The van der Waals surface area contributed by atoms with E-state index < -0.39 is 0 Å². The van der Waals surface area contributed by atoms with Gasteiger partial charge in [-0.25, -0.2) is 0 Å². The van der Waals surface area contributed by atoms with Crippen molar-refractivity contribution in [1.29, 1.82) is 5.26 Å². The molecule has 0 amide bonds. The standard InChI is InChI=1S/C11H13N/c1-2-4-10-5-3-6-11(9-10)7-8-12/h3,5-6,9H,2,4,7H2,1H3. The van der Waals surface area contributed by atoms with Crippen LogP contribution in [0.2, 0.25) is 0 Å². The van der Waals surface area contributed by atoms with E-state index in [-0.39, 0.29) is 0 Å². The van der Waals surface area contributed by atoms with Crippen molar-refractivity contribution < 1.29 is 0 Å². The van der Waals surface area contributed by atoms with Crippen LogP contribution in [0.3, 0.4) is 0 Å². The van der Waals surface area contributed by atoms with Crippen molar-refractivity contribution in [3.05, 3.63) is 35.4 Å². The average molecular weight is 159 g/mol. The number of benzene rings is 1. The van der Waals surface area contributed by atoms with Gasteiger partial charge in [-0.2, -0.15) is 5.26 Å². The van der Waals surface area contributed by atoms with E-state index in [1.54, 1.807) is 0 Å². The minimum atomic E-state index is 0.525. The van der Waals surface area contributed by atoms with Gasteiger partial charge in [0, 0.05) is 0 Å². The first-order valence-corrected chi connectivity index (χ1v) is 4.31. The molecule has 1 aromatic rings. The van der Waals surface area contributed by atoms with Gasteiger partial charge in [0.25, 0.3) is 0 Å². The fraction of sp³-hybridized carbons (Fsp3) is 0.364. The summed E-state index contributed by atoms with van der Waals surface area (Å²) in [6.07, 6.45) is 2.80. The molecule has 0 aliphatic carbocycles. The fourth-order valence-corrected chi connectivity index (χ4v) is 1.28. The average Bonchev–Trinajstić information content (AvgIpc) is 2.06. The summed E-state index contributed by atoms with van der Waals surface area (Å²) in [7, 11) is 0. The van der Waals surface area contributed by atoms with E-state index in [0.717, 1.165) is 18.4 Å². The van der Waals surface area contributed by atoms with Gasteiger partial charge in [-0.1, -0.05) is 37.6 Å². The third-order valence-corrected chi connectivity index (χ3v) is 1.81. The minimum absolute atomic E-state index is 0.525. The van der Waals surface area contributed by atoms with Crippen LogP contribution in [-0.4, -0.2) is 0 Å². The van der Waals surface area contributed by atoms with Crippen molar-refractivity contribution in [2.75, 3.05) is 0 Å². The Morgan fingerprint density at radius 2 is 2.08 bits per heavy atom. The van der Waals surface area contributed by atoms with Crippen molar-refractivity contribution in [1.82, 2.24) is 0 Å². The third kappa shape index (κ3) is 2.39. The normalized spacial score (nSPS) is 9.33. The minimum Gasteiger partial charge on any atom is -0.198 e. The summed E-state index contributed by atoms with van der Waals surface area (Å²) < 4.78 is 0. The number of rotatable bonds is 3. The van der Waals surface area contributed by atoms with E-state index in [9.17, 15) is 0 Å². The van der Waals surface area contributed by atoms with Crippen LogP contribution in [0.15, 0.2) is 24.3 Å². The zero-order chi connectivity index (χ0) is 8.81. The van der Waals surface area contributed by atoms with E-state index in [4.69, 9.17) is 5.26 Å². The maximum atomic E-state index is 8.49. The van der Waals surface area contributed by atoms with Crippen LogP contribution < -0.4 is 0 Å². The zero-order valence-corrected chi connectivity index (χ0v) is 7.38. The van der Waals surface area contributed by atoms with Gasteiger partial charge >= 0.3 is 0 Å². The van der Waals surface area contributed by atoms with E-state index >= 15 is 0 Å². The Labute approximate surface area is 73.6 Å². The van der Waals surface area contributed by atoms with Crippen molar-refractivity contribution in [3.63, 3.8) is 0 Å². The molecule has 0 saturated heterocycles. The molecule has 1 rings (SSSR count). The van der Waals surface area contributed by atoms with Crippen molar-refractivity contribution in [2.45, 2.75) is 26.2 Å². The van der Waals surface area contributed by atoms with Gasteiger partial charge in [-0.05, 0) is 17.5 Å². The van der Waals surface area contributed by atoms with Crippen LogP contribution in [0.5, 0.6) is 0 Å². The molecule has 0 fully saturated rings. The van der Waals surface area contributed by atoms with Crippen molar-refractivity contribution in [3.8, 4) is 6.07 Å². The van der Waals surface area contributed by atoms with Gasteiger partial charge in [0.2, 0.25) is 0 Å². The highest BCUT2D eigenvalue weighted by Gasteiger charge is 1.93. The summed E-state index contributed by atoms with van der Waals surface area (Å²) in [6.45, 7) is 2.16. The van der Waals surface area contributed by atoms with E-state index in [1.165, 1.54) is 5.56 Å². The number of hydrogen-bond acceptors (Lipinski definition) is 1. The first-order valence-electron chi connectivity index (χ1n) is 4.31. The summed E-state index contributed by atoms with van der Waals surface area (Å²) in [4.78, 5) is 0. The lowest BCUT2D eigenvalue weighted by Gasteiger charge is -1.99. The Balaban J connectivity index is 2.75. The Kier molecular flexibility index (Phi) is 3.35. The predicted molar refractivity (Wildman–Crippen MR) is 49.8 cm³/mol. The second-order valence-corrected chi connectivity index (χ2v) is 2.90. The topological polar surface area (TPSA) is 23.8 Å². The highest BCUT2D eigenvalue weighted by molar-refractivity contribution is 5.25. The first kappa shape index (κ1) is 8.80. The molecule has 0 bridgehead atoms. The molecule has 1 nitrogen and oxygen atoms in total. The second-order valence-electron chi connectivity index (χ2n) is 2.90. The van der Waals surface area contributed by atoms with Crippen molar-refractivity contribution >= 4 is 0 Å². The molecule has 0 aliphatic heterocycles. The molecule has 0 spiro atoms. The highest BCUT2D eigenvalue weighted by Crippen LogP contribution is 2.07. The quantitative estimate of drug-likeness (QED) is 0.665. The van der Waals surface area contributed by atoms with Crippen molar-refractivity contribution in [2.24, 2.45) is 0 Å². The molecule has 0 aliphatic rings. The van der Waals surface area contributed by atoms with E-state index in [2.05, 4.69) is 25.1 Å². The molecule has 0 heterocycles. The van der Waals surface area contributed by atoms with Gasteiger partial charge in [-0.15, -0.1) is 0 Å². The summed E-state index contributed by atoms with van der Waals surface area (Å²) in [5.41, 5.74) is 2.47. The van der Waals surface area contributed by atoms with Crippen LogP contribution in [-0.2, 0) is 12.8 Å². The molecule has 0 N–H and O–H groups in total. The third-order valence-electron chi connectivity index (χ3n) is 1.81. The first-order chi connectivity index (χ1) is 5.86. The summed E-state index contributed by atoms with van der Waals surface area (Å²) >= 11 is 0. The summed E-state index contributed by atoms with van der Waals surface area (Å²) in [5.74, 6) is 0. The van der Waals surface area contributed by atoms with Gasteiger partial charge in [0.05, 0.1) is 12.5 Å². The molecule has 0 radical (unpaired) electrons. The zero-order valence-electron chi connectivity index (χ0n) is 7.38. The van der Waals surface area contributed by atoms with Crippen LogP contribution >= 0.6 is 0 Å². The molecule has 0 aromatic heterocycles. The van der Waals surface area contributed by atoms with Gasteiger partial charge < -0.3 is 0 Å². The Bertz CT molecular complexity index is 283. The Morgan fingerprint density at radius 1 is 1.33 bits per heavy atom. The molecular weight excluding hydrogens is 146 g/mol. The van der Waals surface area contributed by atoms with Gasteiger partial charge in [0.1, 0.15) is 0 Å². The largest absolute Gasteiger partial charge is 0.198 e. The highest BCUT2D eigenvalue weighted by atomic mass is 14.2. The predicted octanol–water partition coefficient (Wildman–Crippen LogP) is 2.71. The summed E-state index contributed by atoms with van der Waals surface area (Å²) in [5, 5.41) is 8.49. The second kappa shape index (κ2) is 4.56. The summed E-state index contributed by atoms with van der Waals surface area (Å²) in [6, 6.07) is 10.4. The van der Waals surface area contributed by atoms with Crippen LogP contribution in [0.25, 0.3) is 0 Å². The smallest absolute Gasteiger partial charge is 0.0669 e. The number of nitriles is 1. The van der Waals surface area contributed by atoms with E-state index in [1.807, 2.05) is 12.1 Å². The van der Waals surface area contributed by atoms with Gasteiger partial charge in [0.15, 0.2) is 0 Å². The SMILES string of the molecule is CCCc1cccc(CC#N)c1. The number of aryl methyl sites for hydroxylation is 1. The Morgan fingerprint density at radius 3 is 2.75 bits per heavy atom. The maximum absolute atomic E-state index is 8.49. The maximum Gasteiger partial charge on any atom is 0.0669 e. The lowest BCUT2D eigenvalue weighted by molar-refractivity contribution is 0.919. The lowest BCUT2D eigenvalue weighted by atomic mass is 10.1. The molecule has 0 atom stereocenters. The van der Waals surface area contributed by atoms with Crippen LogP contribution in [0, 0.1) is 11.3 Å². The van der Waals surface area contributed by atoms with Crippen LogP contribution in [0.4, 0.5) is 0 Å². The molecule has 1 aromatic carbocycles. The van der Waals surface area contributed by atoms with Crippen LogP contribution in [0.1, 0.15) is 24.5 Å². The molecule has 1 heteroatoms. The Hall–Kier alpha value is -1.29. The molecule has 0 unspecified atom stereocenters. The molecule has 0 saturated carbocycles. The lowest BCUT2D eigenvalue weighted by Crippen LogP contribution is -1.86. The molecular formula is C11H13N. The molecule has 62 valence electrons. The fourth-order valence-electron chi connectivity index (χ4n) is 1.28. The monoisotopic (exact) mass is 159 g/mol. The van der Waals surface area contributed by atoms with E-state index in [0.29, 0.717) is 6.42 Å². The molecule has 12 heavy (non-hydrogen) atoms. The number of hydrogen-bond donors (Lipinski definition) is 0.